The average Bonchev–Trinajstić information content (AvgIpc) is 2.81. The molecule has 0 N–H and O–H groups in total. The van der Waals surface area contributed by atoms with E-state index in [1.165, 1.54) is 50.5 Å². The molecule has 1 aliphatic carbocycles. The lowest BCUT2D eigenvalue weighted by Gasteiger charge is -2.16. The quantitative estimate of drug-likeness (QED) is 0.661. The molecule has 1 aromatic carbocycles. The maximum atomic E-state index is 2.43. The molecular formula is C16H24. The van der Waals surface area contributed by atoms with Gasteiger partial charge in [0.1, 0.15) is 0 Å². The van der Waals surface area contributed by atoms with Crippen LogP contribution < -0.4 is 0 Å². The molecule has 88 valence electrons. The smallest absolute Gasteiger partial charge is 0.0276 e. The molecule has 0 spiro atoms. The third-order valence-electron chi connectivity index (χ3n) is 3.98. The lowest BCUT2D eigenvalue weighted by molar-refractivity contribution is 0.380. The summed E-state index contributed by atoms with van der Waals surface area (Å²) in [5, 5.41) is 0. The van der Waals surface area contributed by atoms with Crippen molar-refractivity contribution in [2.75, 3.05) is 0 Å². The minimum absolute atomic E-state index is 0.906. The molecule has 0 nitrogen and oxygen atoms in total. The maximum Gasteiger partial charge on any atom is -0.0276 e. The van der Waals surface area contributed by atoms with Crippen molar-refractivity contribution < 1.29 is 0 Å². The van der Waals surface area contributed by atoms with E-state index in [4.69, 9.17) is 0 Å². The Kier molecular flexibility index (Phi) is 4.44. The summed E-state index contributed by atoms with van der Waals surface area (Å²) in [5.41, 5.74) is 1.50. The number of hydrogen-bond acceptors (Lipinski definition) is 0. The van der Waals surface area contributed by atoms with Gasteiger partial charge in [-0.3, -0.25) is 0 Å². The Morgan fingerprint density at radius 3 is 2.50 bits per heavy atom. The molecule has 0 radical (unpaired) electrons. The molecule has 1 atom stereocenters. The van der Waals surface area contributed by atoms with Gasteiger partial charge in [0.25, 0.3) is 0 Å². The highest BCUT2D eigenvalue weighted by Gasteiger charge is 2.17. The fourth-order valence-corrected chi connectivity index (χ4v) is 2.99. The van der Waals surface area contributed by atoms with E-state index in [1.54, 1.807) is 0 Å². The molecule has 0 amide bonds. The third-order valence-corrected chi connectivity index (χ3v) is 3.98. The van der Waals surface area contributed by atoms with Gasteiger partial charge >= 0.3 is 0 Å². The van der Waals surface area contributed by atoms with Crippen LogP contribution in [0.5, 0.6) is 0 Å². The summed E-state index contributed by atoms with van der Waals surface area (Å²) in [6.45, 7) is 2.43. The second kappa shape index (κ2) is 6.08. The molecule has 0 bridgehead atoms. The molecule has 0 saturated heterocycles. The first kappa shape index (κ1) is 11.7. The van der Waals surface area contributed by atoms with Crippen LogP contribution in [0.15, 0.2) is 30.3 Å². The zero-order chi connectivity index (χ0) is 11.2. The van der Waals surface area contributed by atoms with Crippen LogP contribution in [0.2, 0.25) is 0 Å². The second-order valence-electron chi connectivity index (χ2n) is 5.52. The first-order valence-electron chi connectivity index (χ1n) is 6.88. The topological polar surface area (TPSA) is 0 Å². The van der Waals surface area contributed by atoms with Crippen LogP contribution in [0.1, 0.15) is 51.0 Å². The van der Waals surface area contributed by atoms with Crippen LogP contribution in [0.3, 0.4) is 0 Å². The molecule has 1 unspecified atom stereocenters. The number of rotatable bonds is 5. The lowest BCUT2D eigenvalue weighted by atomic mass is 9.90. The van der Waals surface area contributed by atoms with Crippen LogP contribution in [-0.2, 0) is 6.42 Å². The lowest BCUT2D eigenvalue weighted by Crippen LogP contribution is -2.04. The maximum absolute atomic E-state index is 2.43. The largest absolute Gasteiger partial charge is 0.0625 e. The predicted octanol–water partition coefficient (Wildman–Crippen LogP) is 4.84. The zero-order valence-electron chi connectivity index (χ0n) is 10.5. The number of benzene rings is 1. The van der Waals surface area contributed by atoms with E-state index in [-0.39, 0.29) is 0 Å². The number of hydrogen-bond donors (Lipinski definition) is 0. The van der Waals surface area contributed by atoms with E-state index in [9.17, 15) is 0 Å². The highest BCUT2D eigenvalue weighted by atomic mass is 14.2. The molecule has 1 saturated carbocycles. The minimum Gasteiger partial charge on any atom is -0.0625 e. The SMILES string of the molecule is CC(CCc1ccccc1)CC1CCCC1. The first-order valence-corrected chi connectivity index (χ1v) is 6.88. The highest BCUT2D eigenvalue weighted by Crippen LogP contribution is 2.31. The summed E-state index contributed by atoms with van der Waals surface area (Å²) in [6.07, 6.45) is 10.0. The molecule has 2 rings (SSSR count). The Bertz CT molecular complexity index is 282. The van der Waals surface area contributed by atoms with Gasteiger partial charge < -0.3 is 0 Å². The van der Waals surface area contributed by atoms with Gasteiger partial charge in [0.2, 0.25) is 0 Å². The number of aryl methyl sites for hydroxylation is 1. The summed E-state index contributed by atoms with van der Waals surface area (Å²) >= 11 is 0. The van der Waals surface area contributed by atoms with Crippen molar-refractivity contribution in [3.8, 4) is 0 Å². The van der Waals surface area contributed by atoms with Gasteiger partial charge in [0, 0.05) is 0 Å². The molecule has 1 aromatic rings. The Hall–Kier alpha value is -0.780. The third kappa shape index (κ3) is 3.66. The van der Waals surface area contributed by atoms with Gasteiger partial charge in [-0.05, 0) is 36.7 Å². The van der Waals surface area contributed by atoms with Crippen molar-refractivity contribution in [2.45, 2.75) is 51.9 Å². The molecule has 16 heavy (non-hydrogen) atoms. The van der Waals surface area contributed by atoms with Crippen molar-refractivity contribution >= 4 is 0 Å². The molecule has 0 aromatic heterocycles. The van der Waals surface area contributed by atoms with Crippen LogP contribution in [0, 0.1) is 11.8 Å². The van der Waals surface area contributed by atoms with Crippen molar-refractivity contribution in [2.24, 2.45) is 11.8 Å². The van der Waals surface area contributed by atoms with Crippen LogP contribution in [-0.4, -0.2) is 0 Å². The van der Waals surface area contributed by atoms with Crippen LogP contribution in [0.25, 0.3) is 0 Å². The zero-order valence-corrected chi connectivity index (χ0v) is 10.5. The van der Waals surface area contributed by atoms with E-state index < -0.39 is 0 Å². The normalized spacial score (nSPS) is 18.8. The van der Waals surface area contributed by atoms with E-state index in [2.05, 4.69) is 37.3 Å². The van der Waals surface area contributed by atoms with E-state index in [1.807, 2.05) is 0 Å². The molecule has 1 aliphatic rings. The standard InChI is InChI=1S/C16H24/c1-14(13-16-9-5-6-10-16)11-12-15-7-3-2-4-8-15/h2-4,7-8,14,16H,5-6,9-13H2,1H3. The van der Waals surface area contributed by atoms with Crippen LogP contribution >= 0.6 is 0 Å². The van der Waals surface area contributed by atoms with Gasteiger partial charge in [-0.25, -0.2) is 0 Å². The molecule has 0 aliphatic heterocycles. The van der Waals surface area contributed by atoms with Crippen molar-refractivity contribution in [3.05, 3.63) is 35.9 Å². The molecule has 0 heteroatoms. The summed E-state index contributed by atoms with van der Waals surface area (Å²) in [5.74, 6) is 1.95. The summed E-state index contributed by atoms with van der Waals surface area (Å²) in [6, 6.07) is 10.9. The Labute approximate surface area is 100 Å². The highest BCUT2D eigenvalue weighted by molar-refractivity contribution is 5.14. The van der Waals surface area contributed by atoms with Crippen molar-refractivity contribution in [1.29, 1.82) is 0 Å². The fraction of sp³-hybridized carbons (Fsp3) is 0.625. The van der Waals surface area contributed by atoms with E-state index >= 15 is 0 Å². The summed E-state index contributed by atoms with van der Waals surface area (Å²) in [7, 11) is 0. The average molecular weight is 216 g/mol. The Morgan fingerprint density at radius 2 is 1.81 bits per heavy atom. The summed E-state index contributed by atoms with van der Waals surface area (Å²) in [4.78, 5) is 0. The van der Waals surface area contributed by atoms with Crippen molar-refractivity contribution in [3.63, 3.8) is 0 Å². The van der Waals surface area contributed by atoms with E-state index in [0.29, 0.717) is 0 Å². The van der Waals surface area contributed by atoms with Crippen molar-refractivity contribution in [1.82, 2.24) is 0 Å². The summed E-state index contributed by atoms with van der Waals surface area (Å²) < 4.78 is 0. The molecule has 1 fully saturated rings. The van der Waals surface area contributed by atoms with Gasteiger partial charge in [-0.15, -0.1) is 0 Å². The van der Waals surface area contributed by atoms with Crippen LogP contribution in [0.4, 0.5) is 0 Å². The predicted molar refractivity (Wildman–Crippen MR) is 70.5 cm³/mol. The first-order chi connectivity index (χ1) is 7.84. The Morgan fingerprint density at radius 1 is 1.12 bits per heavy atom. The van der Waals surface area contributed by atoms with Gasteiger partial charge in [0.15, 0.2) is 0 Å². The molecule has 0 heterocycles. The second-order valence-corrected chi connectivity index (χ2v) is 5.52. The molecular weight excluding hydrogens is 192 g/mol. The fourth-order valence-electron chi connectivity index (χ4n) is 2.99. The monoisotopic (exact) mass is 216 g/mol. The Balaban J connectivity index is 1.69. The van der Waals surface area contributed by atoms with Gasteiger partial charge in [-0.1, -0.05) is 62.9 Å². The minimum atomic E-state index is 0.906. The van der Waals surface area contributed by atoms with Gasteiger partial charge in [-0.2, -0.15) is 0 Å². The van der Waals surface area contributed by atoms with E-state index in [0.717, 1.165) is 11.8 Å². The van der Waals surface area contributed by atoms with Gasteiger partial charge in [0.05, 0.1) is 0 Å².